The van der Waals surface area contributed by atoms with E-state index in [2.05, 4.69) is 10.3 Å². The van der Waals surface area contributed by atoms with Crippen molar-refractivity contribution >= 4 is 11.6 Å². The van der Waals surface area contributed by atoms with Crippen LogP contribution in [-0.2, 0) is 0 Å². The normalized spacial score (nSPS) is 10.2. The highest BCUT2D eigenvalue weighted by molar-refractivity contribution is 6.11. The summed E-state index contributed by atoms with van der Waals surface area (Å²) in [6, 6.07) is 6.23. The Balaban J connectivity index is 2.44. The van der Waals surface area contributed by atoms with E-state index in [-0.39, 0.29) is 5.56 Å². The summed E-state index contributed by atoms with van der Waals surface area (Å²) in [5.41, 5.74) is 0.393. The molecule has 0 aliphatic rings. The first-order valence-electron chi connectivity index (χ1n) is 5.26. The Morgan fingerprint density at radius 2 is 2.00 bits per heavy atom. The molecule has 3 nitrogen and oxygen atoms in total. The maximum Gasteiger partial charge on any atom is 0.196 e. The predicted molar refractivity (Wildman–Crippen MR) is 63.6 cm³/mol. The average molecular weight is 248 g/mol. The second kappa shape index (κ2) is 4.91. The highest BCUT2D eigenvalue weighted by Crippen LogP contribution is 2.17. The molecule has 0 saturated carbocycles. The quantitative estimate of drug-likeness (QED) is 0.849. The van der Waals surface area contributed by atoms with E-state index in [9.17, 15) is 13.6 Å². The summed E-state index contributed by atoms with van der Waals surface area (Å²) in [6.07, 6.45) is 1.54. The van der Waals surface area contributed by atoms with Gasteiger partial charge in [0.2, 0.25) is 0 Å². The van der Waals surface area contributed by atoms with Gasteiger partial charge in [-0.3, -0.25) is 4.79 Å². The van der Waals surface area contributed by atoms with E-state index in [0.29, 0.717) is 11.4 Å². The number of anilines is 1. The molecule has 2 aromatic rings. The Bertz CT molecular complexity index is 599. The lowest BCUT2D eigenvalue weighted by Gasteiger charge is -2.06. The number of hydrogen-bond acceptors (Lipinski definition) is 3. The third kappa shape index (κ3) is 2.20. The van der Waals surface area contributed by atoms with Crippen LogP contribution in [-0.4, -0.2) is 17.8 Å². The summed E-state index contributed by atoms with van der Waals surface area (Å²) in [4.78, 5) is 16.1. The molecule has 5 heteroatoms. The summed E-state index contributed by atoms with van der Waals surface area (Å²) in [5, 5.41) is 2.77. The van der Waals surface area contributed by atoms with Crippen LogP contribution < -0.4 is 5.32 Å². The number of pyridine rings is 1. The van der Waals surface area contributed by atoms with Gasteiger partial charge in [-0.2, -0.15) is 0 Å². The molecule has 18 heavy (non-hydrogen) atoms. The summed E-state index contributed by atoms with van der Waals surface area (Å²) >= 11 is 0. The van der Waals surface area contributed by atoms with Crippen molar-refractivity contribution in [1.82, 2.24) is 4.98 Å². The molecule has 0 spiro atoms. The highest BCUT2D eigenvalue weighted by Gasteiger charge is 2.15. The molecule has 0 atom stereocenters. The van der Waals surface area contributed by atoms with Crippen molar-refractivity contribution in [2.75, 3.05) is 12.4 Å². The third-order valence-electron chi connectivity index (χ3n) is 2.47. The van der Waals surface area contributed by atoms with Gasteiger partial charge in [-0.1, -0.05) is 0 Å². The van der Waals surface area contributed by atoms with Gasteiger partial charge in [-0.25, -0.2) is 13.8 Å². The van der Waals surface area contributed by atoms with Crippen molar-refractivity contribution in [3.8, 4) is 0 Å². The Morgan fingerprint density at radius 3 is 2.67 bits per heavy atom. The Hall–Kier alpha value is -2.30. The maximum atomic E-state index is 13.1. The van der Waals surface area contributed by atoms with Crippen LogP contribution >= 0.6 is 0 Å². The number of carbonyl (C=O) groups excluding carboxylic acids is 1. The molecule has 1 N–H and O–H groups in total. The fourth-order valence-corrected chi connectivity index (χ4v) is 1.58. The monoisotopic (exact) mass is 248 g/mol. The van der Waals surface area contributed by atoms with Gasteiger partial charge >= 0.3 is 0 Å². The Labute approximate surface area is 102 Å². The van der Waals surface area contributed by atoms with Crippen LogP contribution in [0.4, 0.5) is 14.6 Å². The third-order valence-corrected chi connectivity index (χ3v) is 2.47. The molecule has 1 aromatic carbocycles. The molecule has 92 valence electrons. The van der Waals surface area contributed by atoms with Crippen LogP contribution in [0.5, 0.6) is 0 Å². The number of hydrogen-bond donors (Lipinski definition) is 1. The maximum absolute atomic E-state index is 13.1. The number of benzene rings is 1. The van der Waals surface area contributed by atoms with Gasteiger partial charge in [-0.15, -0.1) is 0 Å². The number of nitrogens with zero attached hydrogens (tertiary/aromatic N) is 1. The van der Waals surface area contributed by atoms with Gasteiger partial charge in [0.1, 0.15) is 5.82 Å². The number of nitrogens with one attached hydrogen (secondary N) is 1. The first-order valence-corrected chi connectivity index (χ1v) is 5.26. The molecule has 0 saturated heterocycles. The Kier molecular flexibility index (Phi) is 3.32. The first kappa shape index (κ1) is 12.2. The molecule has 0 aliphatic carbocycles. The van der Waals surface area contributed by atoms with Crippen molar-refractivity contribution in [2.45, 2.75) is 0 Å². The molecule has 0 bridgehead atoms. The lowest BCUT2D eigenvalue weighted by molar-refractivity contribution is 0.103. The number of ketones is 1. The van der Waals surface area contributed by atoms with E-state index in [1.807, 2.05) is 0 Å². The molecule has 0 unspecified atom stereocenters. The van der Waals surface area contributed by atoms with Crippen LogP contribution in [0.15, 0.2) is 36.5 Å². The fraction of sp³-hybridized carbons (Fsp3) is 0.0769. The van der Waals surface area contributed by atoms with E-state index in [1.54, 1.807) is 19.2 Å². The fourth-order valence-electron chi connectivity index (χ4n) is 1.58. The second-order valence-corrected chi connectivity index (χ2v) is 3.61. The zero-order valence-electron chi connectivity index (χ0n) is 9.58. The summed E-state index contributed by atoms with van der Waals surface area (Å²) in [7, 11) is 1.63. The minimum atomic E-state index is -1.05. The van der Waals surface area contributed by atoms with Crippen molar-refractivity contribution in [3.05, 3.63) is 59.3 Å². The standard InChI is InChI=1S/C13H10F2N2O/c1-16-13-9(3-2-6-17-13)12(18)8-4-5-10(14)11(15)7-8/h2-7H,1H3,(H,16,17). The molecule has 2 rings (SSSR count). The second-order valence-electron chi connectivity index (χ2n) is 3.61. The number of aromatic nitrogens is 1. The van der Waals surface area contributed by atoms with Gasteiger partial charge < -0.3 is 5.32 Å². The van der Waals surface area contributed by atoms with Gasteiger partial charge in [0, 0.05) is 18.8 Å². The van der Waals surface area contributed by atoms with Gasteiger partial charge in [0.25, 0.3) is 0 Å². The number of carbonyl (C=O) groups is 1. The molecule has 0 aliphatic heterocycles. The van der Waals surface area contributed by atoms with E-state index < -0.39 is 17.4 Å². The molecule has 0 amide bonds. The van der Waals surface area contributed by atoms with Crippen LogP contribution in [0.2, 0.25) is 0 Å². The first-order chi connectivity index (χ1) is 8.63. The largest absolute Gasteiger partial charge is 0.373 e. The van der Waals surface area contributed by atoms with Crippen LogP contribution in [0.3, 0.4) is 0 Å². The molecular weight excluding hydrogens is 238 g/mol. The zero-order chi connectivity index (χ0) is 13.1. The summed E-state index contributed by atoms with van der Waals surface area (Å²) in [5.74, 6) is -2.04. The smallest absolute Gasteiger partial charge is 0.196 e. The molecule has 1 aromatic heterocycles. The van der Waals surface area contributed by atoms with Gasteiger partial charge in [0.05, 0.1) is 5.56 Å². The SMILES string of the molecule is CNc1ncccc1C(=O)c1ccc(F)c(F)c1. The lowest BCUT2D eigenvalue weighted by atomic mass is 10.0. The highest BCUT2D eigenvalue weighted by atomic mass is 19.2. The van der Waals surface area contributed by atoms with E-state index in [0.717, 1.165) is 12.1 Å². The van der Waals surface area contributed by atoms with Crippen molar-refractivity contribution < 1.29 is 13.6 Å². The van der Waals surface area contributed by atoms with Crippen molar-refractivity contribution in [3.63, 3.8) is 0 Å². The van der Waals surface area contributed by atoms with E-state index in [1.165, 1.54) is 12.3 Å². The average Bonchev–Trinajstić information content (AvgIpc) is 2.41. The van der Waals surface area contributed by atoms with E-state index in [4.69, 9.17) is 0 Å². The van der Waals surface area contributed by atoms with Gasteiger partial charge in [-0.05, 0) is 30.3 Å². The molecule has 0 fully saturated rings. The van der Waals surface area contributed by atoms with Crippen molar-refractivity contribution in [2.24, 2.45) is 0 Å². The van der Waals surface area contributed by atoms with Crippen molar-refractivity contribution in [1.29, 1.82) is 0 Å². The number of rotatable bonds is 3. The predicted octanol–water partition coefficient (Wildman–Crippen LogP) is 2.63. The molecule has 0 radical (unpaired) electrons. The topological polar surface area (TPSA) is 42.0 Å². The summed E-state index contributed by atoms with van der Waals surface area (Å²) in [6.45, 7) is 0. The summed E-state index contributed by atoms with van der Waals surface area (Å²) < 4.78 is 25.9. The zero-order valence-corrected chi connectivity index (χ0v) is 9.58. The number of halogens is 2. The van der Waals surface area contributed by atoms with Crippen LogP contribution in [0.1, 0.15) is 15.9 Å². The minimum absolute atomic E-state index is 0.0819. The van der Waals surface area contributed by atoms with Crippen LogP contribution in [0.25, 0.3) is 0 Å². The minimum Gasteiger partial charge on any atom is -0.373 e. The van der Waals surface area contributed by atoms with E-state index >= 15 is 0 Å². The van der Waals surface area contributed by atoms with Gasteiger partial charge in [0.15, 0.2) is 17.4 Å². The molecule has 1 heterocycles. The lowest BCUT2D eigenvalue weighted by Crippen LogP contribution is -2.07. The van der Waals surface area contributed by atoms with Crippen LogP contribution in [0, 0.1) is 11.6 Å². The molecular formula is C13H10F2N2O. The Morgan fingerprint density at radius 1 is 1.22 bits per heavy atom.